The Bertz CT molecular complexity index is 854. The predicted molar refractivity (Wildman–Crippen MR) is 91.1 cm³/mol. The maximum absolute atomic E-state index is 12.6. The zero-order valence-corrected chi connectivity index (χ0v) is 14.7. The number of carbonyl (C=O) groups is 1. The third-order valence-corrected chi connectivity index (χ3v) is 5.64. The van der Waals surface area contributed by atoms with Crippen LogP contribution in [0, 0.1) is 0 Å². The minimum absolute atomic E-state index is 0.0775. The third kappa shape index (κ3) is 2.76. The smallest absolute Gasteiger partial charge is 0.291 e. The number of carbonyl (C=O) groups excluding carboxylic acids is 1. The van der Waals surface area contributed by atoms with Crippen molar-refractivity contribution in [3.63, 3.8) is 0 Å². The highest BCUT2D eigenvalue weighted by atomic mass is 35.5. The van der Waals surface area contributed by atoms with Crippen LogP contribution in [0.25, 0.3) is 0 Å². The number of phenols is 1. The molecule has 1 amide bonds. The van der Waals surface area contributed by atoms with Gasteiger partial charge in [0.05, 0.1) is 16.1 Å². The highest BCUT2D eigenvalue weighted by Crippen LogP contribution is 2.41. The molecule has 0 radical (unpaired) electrons. The summed E-state index contributed by atoms with van der Waals surface area (Å²) < 4.78 is 1.76. The number of rotatable bonds is 2. The van der Waals surface area contributed by atoms with E-state index in [-0.39, 0.29) is 23.4 Å². The molecule has 25 heavy (non-hydrogen) atoms. The van der Waals surface area contributed by atoms with Gasteiger partial charge in [-0.15, -0.1) is 10.2 Å². The number of aliphatic hydroxyl groups is 1. The number of aromatic hydroxyl groups is 1. The van der Waals surface area contributed by atoms with Crippen molar-refractivity contribution in [3.8, 4) is 5.75 Å². The van der Waals surface area contributed by atoms with Gasteiger partial charge in [0, 0.05) is 37.5 Å². The Hall–Kier alpha value is -1.83. The number of hydrogen-bond acceptors (Lipinski definition) is 5. The van der Waals surface area contributed by atoms with Crippen molar-refractivity contribution in [2.24, 2.45) is 0 Å². The van der Waals surface area contributed by atoms with Crippen molar-refractivity contribution in [3.05, 3.63) is 39.4 Å². The van der Waals surface area contributed by atoms with E-state index in [4.69, 9.17) is 23.2 Å². The summed E-state index contributed by atoms with van der Waals surface area (Å²) in [6.45, 7) is 1.26. The summed E-state index contributed by atoms with van der Waals surface area (Å²) in [5.41, 5.74) is 0.565. The lowest BCUT2D eigenvalue weighted by Crippen LogP contribution is -2.32. The fraction of sp³-hybridized carbons (Fsp3) is 0.438. The summed E-state index contributed by atoms with van der Waals surface area (Å²) in [6, 6.07) is 3.06. The normalized spacial score (nSPS) is 22.4. The first-order chi connectivity index (χ1) is 12.0. The Morgan fingerprint density at radius 3 is 2.76 bits per heavy atom. The molecule has 2 unspecified atom stereocenters. The van der Waals surface area contributed by atoms with Gasteiger partial charge in [0.25, 0.3) is 5.91 Å². The van der Waals surface area contributed by atoms with Gasteiger partial charge in [-0.3, -0.25) is 4.79 Å². The van der Waals surface area contributed by atoms with E-state index in [0.717, 1.165) is 0 Å². The second kappa shape index (κ2) is 6.16. The van der Waals surface area contributed by atoms with Crippen LogP contribution in [0.1, 0.15) is 34.3 Å². The van der Waals surface area contributed by atoms with Gasteiger partial charge in [-0.2, -0.15) is 0 Å². The number of hydrogen-bond donors (Lipinski definition) is 2. The van der Waals surface area contributed by atoms with Gasteiger partial charge < -0.3 is 19.7 Å². The fourth-order valence-corrected chi connectivity index (χ4v) is 4.03. The van der Waals surface area contributed by atoms with Gasteiger partial charge in [0.15, 0.2) is 0 Å². The zero-order valence-electron chi connectivity index (χ0n) is 13.2. The predicted octanol–water partition coefficient (Wildman–Crippen LogP) is 1.84. The first kappa shape index (κ1) is 16.6. The monoisotopic (exact) mass is 382 g/mol. The number of benzene rings is 1. The number of aromatic nitrogens is 3. The van der Waals surface area contributed by atoms with E-state index >= 15 is 0 Å². The van der Waals surface area contributed by atoms with Crippen LogP contribution in [0.4, 0.5) is 0 Å². The van der Waals surface area contributed by atoms with Gasteiger partial charge in [0.1, 0.15) is 11.6 Å². The average Bonchev–Trinajstić information content (AvgIpc) is 3.26. The van der Waals surface area contributed by atoms with Crippen molar-refractivity contribution >= 4 is 29.1 Å². The SMILES string of the molecule is O=C(c1nnc2n1CC(c1c(O)ccc(Cl)c1Cl)C2)N1CCC(O)C1. The molecule has 2 atom stereocenters. The number of likely N-dealkylation sites (tertiary alicyclic amines) is 1. The summed E-state index contributed by atoms with van der Waals surface area (Å²) in [7, 11) is 0. The first-order valence-corrected chi connectivity index (χ1v) is 8.77. The lowest BCUT2D eigenvalue weighted by atomic mass is 9.96. The van der Waals surface area contributed by atoms with E-state index in [1.54, 1.807) is 15.5 Å². The molecule has 7 nitrogen and oxygen atoms in total. The van der Waals surface area contributed by atoms with E-state index in [1.807, 2.05) is 0 Å². The molecule has 0 spiro atoms. The van der Waals surface area contributed by atoms with Gasteiger partial charge in [-0.1, -0.05) is 23.2 Å². The van der Waals surface area contributed by atoms with Crippen molar-refractivity contribution < 1.29 is 15.0 Å². The standard InChI is InChI=1S/C16H16Cl2N4O3/c17-10-1-2-11(24)13(14(10)18)8-5-12-19-20-15(22(12)6-8)16(25)21-4-3-9(23)7-21/h1-2,8-9,23-24H,3-7H2. The highest BCUT2D eigenvalue weighted by molar-refractivity contribution is 6.42. The lowest BCUT2D eigenvalue weighted by molar-refractivity contribution is 0.0747. The molecule has 2 N–H and O–H groups in total. The van der Waals surface area contributed by atoms with E-state index in [0.29, 0.717) is 53.9 Å². The summed E-state index contributed by atoms with van der Waals surface area (Å²) in [6.07, 6.45) is 0.595. The van der Waals surface area contributed by atoms with E-state index < -0.39 is 6.10 Å². The minimum atomic E-state index is -0.486. The van der Waals surface area contributed by atoms with Crippen LogP contribution in [-0.4, -0.2) is 55.0 Å². The maximum atomic E-state index is 12.6. The quantitative estimate of drug-likeness (QED) is 0.826. The Kier molecular flexibility index (Phi) is 4.10. The van der Waals surface area contributed by atoms with Gasteiger partial charge in [-0.05, 0) is 18.6 Å². The Labute approximate surface area is 153 Å². The van der Waals surface area contributed by atoms with Crippen LogP contribution in [0.3, 0.4) is 0 Å². The molecule has 2 aliphatic heterocycles. The molecular weight excluding hydrogens is 367 g/mol. The molecule has 1 aromatic heterocycles. The third-order valence-electron chi connectivity index (χ3n) is 4.82. The average molecular weight is 383 g/mol. The number of amides is 1. The number of fused-ring (bicyclic) bond motifs is 1. The molecule has 0 saturated carbocycles. The second-order valence-electron chi connectivity index (χ2n) is 6.44. The van der Waals surface area contributed by atoms with Crippen molar-refractivity contribution in [1.29, 1.82) is 0 Å². The maximum Gasteiger partial charge on any atom is 0.291 e. The molecule has 9 heteroatoms. The van der Waals surface area contributed by atoms with Crippen LogP contribution in [0.2, 0.25) is 10.0 Å². The Balaban J connectivity index is 1.62. The molecule has 2 aliphatic rings. The number of phenolic OH excluding ortho intramolecular Hbond substituents is 1. The largest absolute Gasteiger partial charge is 0.508 e. The van der Waals surface area contributed by atoms with Crippen LogP contribution < -0.4 is 0 Å². The molecule has 0 bridgehead atoms. The van der Waals surface area contributed by atoms with Gasteiger partial charge >= 0.3 is 0 Å². The zero-order chi connectivity index (χ0) is 17.7. The number of nitrogens with zero attached hydrogens (tertiary/aromatic N) is 4. The Morgan fingerprint density at radius 1 is 1.24 bits per heavy atom. The fourth-order valence-electron chi connectivity index (χ4n) is 3.55. The van der Waals surface area contributed by atoms with Crippen LogP contribution >= 0.6 is 23.2 Å². The molecule has 1 fully saturated rings. The van der Waals surface area contributed by atoms with Crippen LogP contribution in [0.15, 0.2) is 12.1 Å². The molecule has 3 heterocycles. The highest BCUT2D eigenvalue weighted by Gasteiger charge is 2.35. The number of β-amino-alcohol motifs (C(OH)–C–C–N with tert-alkyl or cyclic N) is 1. The van der Waals surface area contributed by atoms with Gasteiger partial charge in [0.2, 0.25) is 5.82 Å². The lowest BCUT2D eigenvalue weighted by Gasteiger charge is -2.17. The molecule has 1 aromatic carbocycles. The summed E-state index contributed by atoms with van der Waals surface area (Å²) in [4.78, 5) is 14.2. The number of aliphatic hydroxyl groups excluding tert-OH is 1. The summed E-state index contributed by atoms with van der Waals surface area (Å²) >= 11 is 12.3. The van der Waals surface area contributed by atoms with Crippen molar-refractivity contribution in [1.82, 2.24) is 19.7 Å². The van der Waals surface area contributed by atoms with E-state index in [9.17, 15) is 15.0 Å². The molecule has 0 aliphatic carbocycles. The minimum Gasteiger partial charge on any atom is -0.508 e. The topological polar surface area (TPSA) is 91.5 Å². The van der Waals surface area contributed by atoms with Crippen molar-refractivity contribution in [2.45, 2.75) is 31.4 Å². The summed E-state index contributed by atoms with van der Waals surface area (Å²) in [5, 5.41) is 28.6. The van der Waals surface area contributed by atoms with Crippen LogP contribution in [0.5, 0.6) is 5.75 Å². The molecule has 1 saturated heterocycles. The Morgan fingerprint density at radius 2 is 2.04 bits per heavy atom. The molecule has 4 rings (SSSR count). The second-order valence-corrected chi connectivity index (χ2v) is 7.22. The van der Waals surface area contributed by atoms with Crippen molar-refractivity contribution in [2.75, 3.05) is 13.1 Å². The summed E-state index contributed by atoms with van der Waals surface area (Å²) in [5.74, 6) is 0.631. The molecule has 132 valence electrons. The van der Waals surface area contributed by atoms with E-state index in [2.05, 4.69) is 10.2 Å². The molecule has 2 aromatic rings. The first-order valence-electron chi connectivity index (χ1n) is 8.02. The molecular formula is C16H16Cl2N4O3. The van der Waals surface area contributed by atoms with Crippen LogP contribution in [-0.2, 0) is 13.0 Å². The number of halogens is 2. The van der Waals surface area contributed by atoms with E-state index in [1.165, 1.54) is 6.07 Å². The van der Waals surface area contributed by atoms with Gasteiger partial charge in [-0.25, -0.2) is 0 Å².